The Morgan fingerprint density at radius 2 is 1.95 bits per heavy atom. The van der Waals surface area contributed by atoms with Gasteiger partial charge in [0.2, 0.25) is 0 Å². The molecule has 22 heavy (non-hydrogen) atoms. The molecule has 0 atom stereocenters. The van der Waals surface area contributed by atoms with E-state index < -0.39 is 15.8 Å². The highest BCUT2D eigenvalue weighted by Crippen LogP contribution is 2.29. The van der Waals surface area contributed by atoms with E-state index in [2.05, 4.69) is 10.5 Å². The van der Waals surface area contributed by atoms with Crippen molar-refractivity contribution in [3.63, 3.8) is 0 Å². The molecule has 2 rings (SSSR count). The Bertz CT molecular complexity index is 819. The normalized spacial score (nSPS) is 11.2. The fourth-order valence-corrected chi connectivity index (χ4v) is 2.90. The van der Waals surface area contributed by atoms with Crippen LogP contribution in [0, 0.1) is 5.82 Å². The van der Waals surface area contributed by atoms with E-state index in [1.807, 2.05) is 0 Å². The molecule has 0 heterocycles. The Morgan fingerprint density at radius 3 is 2.59 bits per heavy atom. The summed E-state index contributed by atoms with van der Waals surface area (Å²) in [6, 6.07) is 9.46. The summed E-state index contributed by atoms with van der Waals surface area (Å²) in [5.41, 5.74) is 4.27. The fourth-order valence-electron chi connectivity index (χ4n) is 1.88. The number of benzene rings is 2. The van der Waals surface area contributed by atoms with E-state index in [9.17, 15) is 17.6 Å². The van der Waals surface area contributed by atoms with Gasteiger partial charge in [0.1, 0.15) is 22.4 Å². The fraction of sp³-hybridized carbons (Fsp3) is 0.133. The van der Waals surface area contributed by atoms with Gasteiger partial charge in [0.15, 0.2) is 5.78 Å². The number of hydrogen-bond donors (Lipinski definition) is 1. The lowest BCUT2D eigenvalue weighted by atomic mass is 10.1. The maximum absolute atomic E-state index is 13.4. The van der Waals surface area contributed by atoms with Crippen LogP contribution < -0.4 is 5.73 Å². The molecule has 3 N–H and O–H groups in total. The average Bonchev–Trinajstić information content (AvgIpc) is 2.47. The van der Waals surface area contributed by atoms with E-state index in [0.717, 1.165) is 12.1 Å². The van der Waals surface area contributed by atoms with Crippen molar-refractivity contribution in [2.75, 3.05) is 0 Å². The van der Waals surface area contributed by atoms with Gasteiger partial charge in [-0.15, -0.1) is 5.69 Å². The largest absolute Gasteiger partial charge is 0.573 e. The lowest BCUT2D eigenvalue weighted by Gasteiger charge is -2.22. The Morgan fingerprint density at radius 1 is 1.23 bits per heavy atom. The summed E-state index contributed by atoms with van der Waals surface area (Å²) < 4.78 is 41.6. The van der Waals surface area contributed by atoms with Crippen molar-refractivity contribution in [3.8, 4) is 0 Å². The van der Waals surface area contributed by atoms with Gasteiger partial charge in [-0.25, -0.2) is 12.8 Å². The van der Waals surface area contributed by atoms with Gasteiger partial charge in [0.25, 0.3) is 0 Å². The highest BCUT2D eigenvalue weighted by atomic mass is 32.2. The molecule has 0 aromatic heterocycles. The van der Waals surface area contributed by atoms with Crippen LogP contribution in [0.5, 0.6) is 0 Å². The number of carbonyl (C=O) groups is 1. The number of ketones is 1. The Labute approximate surface area is 128 Å². The van der Waals surface area contributed by atoms with E-state index in [-0.39, 0.29) is 28.5 Å². The molecule has 0 bridgehead atoms. The quantitative estimate of drug-likeness (QED) is 0.855. The van der Waals surface area contributed by atoms with Crippen molar-refractivity contribution in [3.05, 3.63) is 64.1 Å². The maximum Gasteiger partial charge on any atom is 0.159 e. The topological polar surface area (TPSA) is 93.0 Å². The molecule has 5 nitrogen and oxygen atoms in total. The van der Waals surface area contributed by atoms with Crippen LogP contribution in [0.3, 0.4) is 0 Å². The Kier molecular flexibility index (Phi) is 4.58. The molecule has 0 fully saturated rings. The molecule has 2 aromatic carbocycles. The van der Waals surface area contributed by atoms with Gasteiger partial charge in [-0.3, -0.25) is 4.79 Å². The summed E-state index contributed by atoms with van der Waals surface area (Å²) >= 11 is 0. The van der Waals surface area contributed by atoms with Crippen LogP contribution in [0.2, 0.25) is 0 Å². The van der Waals surface area contributed by atoms with E-state index in [1.54, 1.807) is 12.1 Å². The highest BCUT2D eigenvalue weighted by Gasteiger charge is 2.10. The summed E-state index contributed by atoms with van der Waals surface area (Å²) in [6.07, 6.45) is 0. The zero-order valence-electron chi connectivity index (χ0n) is 11.9. The number of quaternary nitrogens is 1. The second-order valence-corrected chi connectivity index (χ2v) is 6.28. The first kappa shape index (κ1) is 16.1. The maximum atomic E-state index is 13.4. The van der Waals surface area contributed by atoms with Gasteiger partial charge in [0, 0.05) is 11.1 Å². The number of sulfonamides is 1. The molecule has 0 saturated carbocycles. The summed E-state index contributed by atoms with van der Waals surface area (Å²) in [4.78, 5) is 11.2. The smallest absolute Gasteiger partial charge is 0.159 e. The van der Waals surface area contributed by atoms with Crippen LogP contribution in [-0.2, 0) is 16.6 Å². The van der Waals surface area contributed by atoms with Crippen LogP contribution in [0.4, 0.5) is 10.1 Å². The van der Waals surface area contributed by atoms with E-state index in [0.29, 0.717) is 5.56 Å². The molecule has 0 aliphatic rings. The molecule has 116 valence electrons. The molecular formula is C15H15FN2O3S. The predicted octanol–water partition coefficient (Wildman–Crippen LogP) is 2.16. The first-order valence-corrected chi connectivity index (χ1v) is 7.94. The third kappa shape index (κ3) is 3.49. The number of hydrogen-bond acceptors (Lipinski definition) is 3. The van der Waals surface area contributed by atoms with Gasteiger partial charge in [-0.2, -0.15) is 0 Å². The SMILES string of the molecule is CC(=O)c1cccc([N-]S(=O)(=O)c2ccc(F)c(C[NH3+])c2)c1. The number of carbonyl (C=O) groups excluding carboxylic acids is 1. The van der Waals surface area contributed by atoms with Crippen molar-refractivity contribution in [2.24, 2.45) is 0 Å². The summed E-state index contributed by atoms with van der Waals surface area (Å²) in [5, 5.41) is 0. The summed E-state index contributed by atoms with van der Waals surface area (Å²) in [7, 11) is -3.99. The van der Waals surface area contributed by atoms with Gasteiger partial charge < -0.3 is 10.5 Å². The lowest BCUT2D eigenvalue weighted by molar-refractivity contribution is -0.387. The monoisotopic (exact) mass is 322 g/mol. The van der Waals surface area contributed by atoms with Crippen LogP contribution >= 0.6 is 0 Å². The van der Waals surface area contributed by atoms with E-state index in [1.165, 1.54) is 25.1 Å². The molecule has 0 spiro atoms. The van der Waals surface area contributed by atoms with Crippen LogP contribution in [0.1, 0.15) is 22.8 Å². The molecule has 0 radical (unpaired) electrons. The van der Waals surface area contributed by atoms with Crippen molar-refractivity contribution in [1.82, 2.24) is 0 Å². The summed E-state index contributed by atoms with van der Waals surface area (Å²) in [6.45, 7) is 1.52. The number of rotatable bonds is 5. The second-order valence-electron chi connectivity index (χ2n) is 4.68. The lowest BCUT2D eigenvalue weighted by Crippen LogP contribution is -2.47. The van der Waals surface area contributed by atoms with Crippen molar-refractivity contribution >= 4 is 21.5 Å². The third-order valence-corrected chi connectivity index (χ3v) is 4.36. The van der Waals surface area contributed by atoms with Gasteiger partial charge in [0.05, 0.1) is 4.90 Å². The van der Waals surface area contributed by atoms with Crippen LogP contribution in [0.25, 0.3) is 4.72 Å². The zero-order valence-corrected chi connectivity index (χ0v) is 12.7. The molecule has 7 heteroatoms. The van der Waals surface area contributed by atoms with Crippen molar-refractivity contribution in [2.45, 2.75) is 18.4 Å². The van der Waals surface area contributed by atoms with Gasteiger partial charge >= 0.3 is 0 Å². The highest BCUT2D eigenvalue weighted by molar-refractivity contribution is 7.94. The first-order valence-electron chi connectivity index (χ1n) is 6.50. The molecule has 0 aliphatic heterocycles. The standard InChI is InChI=1S/C15H14FN2O3S/c1-10(19)11-3-2-4-13(7-11)18-22(20,21)14-5-6-15(16)12(8-14)9-17/h2-8H,9,17H2,1H3/q-1/p+1. The number of nitrogens with zero attached hydrogens (tertiary/aromatic N) is 1. The average molecular weight is 322 g/mol. The van der Waals surface area contributed by atoms with Crippen molar-refractivity contribution < 1.29 is 23.3 Å². The minimum Gasteiger partial charge on any atom is -0.573 e. The minimum atomic E-state index is -3.99. The molecule has 0 amide bonds. The minimum absolute atomic E-state index is 0.110. The van der Waals surface area contributed by atoms with Crippen LogP contribution in [-0.4, -0.2) is 14.2 Å². The summed E-state index contributed by atoms with van der Waals surface area (Å²) in [5.74, 6) is -0.692. The van der Waals surface area contributed by atoms with Gasteiger partial charge in [-0.1, -0.05) is 24.3 Å². The Balaban J connectivity index is 2.35. The molecule has 0 saturated heterocycles. The predicted molar refractivity (Wildman–Crippen MR) is 79.6 cm³/mol. The Hall–Kier alpha value is -2.25. The molecule has 2 aromatic rings. The molecule has 0 aliphatic carbocycles. The van der Waals surface area contributed by atoms with E-state index in [4.69, 9.17) is 0 Å². The van der Waals surface area contributed by atoms with Crippen LogP contribution in [0.15, 0.2) is 47.4 Å². The van der Waals surface area contributed by atoms with Crippen molar-refractivity contribution in [1.29, 1.82) is 0 Å². The first-order chi connectivity index (χ1) is 10.3. The second kappa shape index (κ2) is 6.25. The number of halogens is 1. The number of Topliss-reactive ketones (excluding diaryl/α,β-unsaturated/α-hetero) is 1. The third-order valence-electron chi connectivity index (χ3n) is 3.06. The van der Waals surface area contributed by atoms with E-state index >= 15 is 0 Å². The van der Waals surface area contributed by atoms with Gasteiger partial charge in [-0.05, 0) is 25.1 Å². The molecule has 0 unspecified atom stereocenters. The molecular weight excluding hydrogens is 307 g/mol. The zero-order chi connectivity index (χ0) is 16.3.